The summed E-state index contributed by atoms with van der Waals surface area (Å²) < 4.78 is 6.91. The molecule has 1 atom stereocenters. The summed E-state index contributed by atoms with van der Waals surface area (Å²) in [6.45, 7) is 2.38. The van der Waals surface area contributed by atoms with Crippen LogP contribution in [0.4, 0.5) is 0 Å². The van der Waals surface area contributed by atoms with Crippen molar-refractivity contribution < 1.29 is 9.53 Å². The first-order valence-corrected chi connectivity index (χ1v) is 12.8. The summed E-state index contributed by atoms with van der Waals surface area (Å²) in [6, 6.07) is 24.7. The monoisotopic (exact) mass is 498 g/mol. The van der Waals surface area contributed by atoms with Crippen LogP contribution in [0.5, 0.6) is 5.75 Å². The maximum absolute atomic E-state index is 13.5. The molecule has 182 valence electrons. The lowest BCUT2D eigenvalue weighted by Crippen LogP contribution is -2.29. The van der Waals surface area contributed by atoms with Crippen LogP contribution >= 0.6 is 11.8 Å². The summed E-state index contributed by atoms with van der Waals surface area (Å²) in [6.07, 6.45) is 0.612. The number of hydrogen-bond acceptors (Lipinski definition) is 6. The first kappa shape index (κ1) is 23.8. The second-order valence-corrected chi connectivity index (χ2v) is 9.34. The molecule has 1 aliphatic heterocycles. The second-order valence-electron chi connectivity index (χ2n) is 8.39. The van der Waals surface area contributed by atoms with Crippen LogP contribution in [0.3, 0.4) is 0 Å². The fourth-order valence-electron chi connectivity index (χ4n) is 4.36. The van der Waals surface area contributed by atoms with Crippen molar-refractivity contribution in [3.8, 4) is 5.75 Å². The molecule has 0 aliphatic carbocycles. The van der Waals surface area contributed by atoms with Crippen molar-refractivity contribution in [1.82, 2.24) is 14.6 Å². The van der Waals surface area contributed by atoms with Gasteiger partial charge in [0.15, 0.2) is 5.16 Å². The maximum Gasteiger partial charge on any atom is 0.262 e. The van der Waals surface area contributed by atoms with Crippen LogP contribution in [0.15, 0.2) is 93.9 Å². The standard InChI is InChI=1S/C28H26N4O3S/c1-3-31-27(34)22-11-7-8-12-23(22)29-28(31)36-18-26(33)32-25(20-13-15-21(35-2)16-14-20)17-24(30-32)19-9-5-4-6-10-19/h4-16,25H,3,17-18H2,1-2H3. The third-order valence-corrected chi connectivity index (χ3v) is 7.20. The highest BCUT2D eigenvalue weighted by Crippen LogP contribution is 2.34. The van der Waals surface area contributed by atoms with Crippen molar-refractivity contribution in [3.05, 3.63) is 100 Å². The molecule has 4 aromatic rings. The summed E-state index contributed by atoms with van der Waals surface area (Å²) in [5.74, 6) is 0.731. The Labute approximate surface area is 213 Å². The minimum absolute atomic E-state index is 0.0975. The van der Waals surface area contributed by atoms with Gasteiger partial charge in [-0.1, -0.05) is 66.4 Å². The Hall–Kier alpha value is -3.91. The van der Waals surface area contributed by atoms with E-state index in [4.69, 9.17) is 9.84 Å². The average Bonchev–Trinajstić information content (AvgIpc) is 3.38. The molecular formula is C28H26N4O3S. The number of aromatic nitrogens is 2. The Morgan fingerprint density at radius 1 is 1.03 bits per heavy atom. The minimum Gasteiger partial charge on any atom is -0.497 e. The van der Waals surface area contributed by atoms with Crippen molar-refractivity contribution in [1.29, 1.82) is 0 Å². The van der Waals surface area contributed by atoms with Crippen LogP contribution in [-0.2, 0) is 11.3 Å². The Kier molecular flexibility index (Phi) is 6.86. The highest BCUT2D eigenvalue weighted by molar-refractivity contribution is 7.99. The van der Waals surface area contributed by atoms with E-state index in [0.717, 1.165) is 22.6 Å². The van der Waals surface area contributed by atoms with E-state index in [2.05, 4.69) is 4.98 Å². The number of methoxy groups -OCH3 is 1. The number of nitrogens with zero attached hydrogens (tertiary/aromatic N) is 4. The fraction of sp³-hybridized carbons (Fsp3) is 0.214. The Morgan fingerprint density at radius 3 is 2.47 bits per heavy atom. The van der Waals surface area contributed by atoms with E-state index in [9.17, 15) is 9.59 Å². The van der Waals surface area contributed by atoms with Crippen LogP contribution in [0.1, 0.15) is 30.5 Å². The molecule has 0 fully saturated rings. The molecule has 8 heteroatoms. The molecule has 36 heavy (non-hydrogen) atoms. The summed E-state index contributed by atoms with van der Waals surface area (Å²) in [5.41, 5.74) is 3.38. The average molecular weight is 499 g/mol. The molecule has 3 aromatic carbocycles. The lowest BCUT2D eigenvalue weighted by molar-refractivity contribution is -0.130. The molecule has 1 unspecified atom stereocenters. The SMILES string of the molecule is CCn1c(SCC(=O)N2N=C(c3ccccc3)CC2c2ccc(OC)cc2)nc2ccccc2c1=O. The van der Waals surface area contributed by atoms with Gasteiger partial charge < -0.3 is 4.74 Å². The van der Waals surface area contributed by atoms with Gasteiger partial charge in [0, 0.05) is 13.0 Å². The fourth-order valence-corrected chi connectivity index (χ4v) is 5.28. The number of carbonyl (C=O) groups excluding carboxylic acids is 1. The van der Waals surface area contributed by atoms with Crippen molar-refractivity contribution in [2.75, 3.05) is 12.9 Å². The van der Waals surface area contributed by atoms with Gasteiger partial charge in [-0.05, 0) is 42.3 Å². The summed E-state index contributed by atoms with van der Waals surface area (Å²) in [7, 11) is 1.63. The predicted molar refractivity (Wildman–Crippen MR) is 143 cm³/mol. The van der Waals surface area contributed by atoms with Crippen molar-refractivity contribution in [2.24, 2.45) is 5.10 Å². The number of amides is 1. The number of rotatable bonds is 7. The first-order chi connectivity index (χ1) is 17.6. The van der Waals surface area contributed by atoms with E-state index in [1.54, 1.807) is 22.8 Å². The molecule has 1 aromatic heterocycles. The Bertz CT molecular complexity index is 1480. The van der Waals surface area contributed by atoms with Crippen molar-refractivity contribution >= 4 is 34.3 Å². The van der Waals surface area contributed by atoms with Crippen LogP contribution in [0, 0.1) is 0 Å². The minimum atomic E-state index is -0.225. The lowest BCUT2D eigenvalue weighted by Gasteiger charge is -2.22. The summed E-state index contributed by atoms with van der Waals surface area (Å²) >= 11 is 1.27. The van der Waals surface area contributed by atoms with Gasteiger partial charge in [-0.15, -0.1) is 0 Å². The van der Waals surface area contributed by atoms with E-state index in [0.29, 0.717) is 29.0 Å². The maximum atomic E-state index is 13.5. The van der Waals surface area contributed by atoms with Gasteiger partial charge in [-0.2, -0.15) is 5.10 Å². The molecule has 0 saturated heterocycles. The molecule has 2 heterocycles. The quantitative estimate of drug-likeness (QED) is 0.268. The van der Waals surface area contributed by atoms with Gasteiger partial charge in [-0.25, -0.2) is 9.99 Å². The largest absolute Gasteiger partial charge is 0.497 e. The van der Waals surface area contributed by atoms with E-state index in [-0.39, 0.29) is 23.3 Å². The molecule has 0 radical (unpaired) electrons. The topological polar surface area (TPSA) is 76.8 Å². The van der Waals surface area contributed by atoms with Gasteiger partial charge in [0.25, 0.3) is 11.5 Å². The third kappa shape index (κ3) is 4.64. The normalized spacial score (nSPS) is 15.2. The summed E-state index contributed by atoms with van der Waals surface area (Å²) in [5, 5.41) is 7.43. The lowest BCUT2D eigenvalue weighted by atomic mass is 9.98. The molecule has 0 N–H and O–H groups in total. The Balaban J connectivity index is 1.43. The van der Waals surface area contributed by atoms with Crippen molar-refractivity contribution in [3.63, 3.8) is 0 Å². The van der Waals surface area contributed by atoms with E-state index >= 15 is 0 Å². The number of hydrazone groups is 1. The van der Waals surface area contributed by atoms with Gasteiger partial charge >= 0.3 is 0 Å². The van der Waals surface area contributed by atoms with Gasteiger partial charge in [0.05, 0.1) is 35.5 Å². The zero-order valence-corrected chi connectivity index (χ0v) is 20.9. The molecule has 1 aliphatic rings. The summed E-state index contributed by atoms with van der Waals surface area (Å²) in [4.78, 5) is 31.1. The van der Waals surface area contributed by atoms with Crippen LogP contribution in [0.2, 0.25) is 0 Å². The molecule has 0 bridgehead atoms. The zero-order valence-electron chi connectivity index (χ0n) is 20.1. The van der Waals surface area contributed by atoms with E-state index in [1.165, 1.54) is 11.8 Å². The molecule has 7 nitrogen and oxygen atoms in total. The molecule has 1 amide bonds. The molecule has 0 spiro atoms. The van der Waals surface area contributed by atoms with Gasteiger partial charge in [-0.3, -0.25) is 14.2 Å². The Morgan fingerprint density at radius 2 is 1.75 bits per heavy atom. The van der Waals surface area contributed by atoms with E-state index < -0.39 is 0 Å². The van der Waals surface area contributed by atoms with Gasteiger partial charge in [0.2, 0.25) is 0 Å². The number of hydrogen-bond donors (Lipinski definition) is 0. The molecular weight excluding hydrogens is 472 g/mol. The van der Waals surface area contributed by atoms with Crippen LogP contribution in [-0.4, -0.2) is 39.0 Å². The number of fused-ring (bicyclic) bond motifs is 1. The van der Waals surface area contributed by atoms with E-state index in [1.807, 2.05) is 79.7 Å². The smallest absolute Gasteiger partial charge is 0.262 e. The number of benzene rings is 3. The first-order valence-electron chi connectivity index (χ1n) is 11.8. The molecule has 0 saturated carbocycles. The number of thioether (sulfide) groups is 1. The second kappa shape index (κ2) is 10.4. The van der Waals surface area contributed by atoms with Crippen molar-refractivity contribution in [2.45, 2.75) is 31.1 Å². The highest BCUT2D eigenvalue weighted by atomic mass is 32.2. The van der Waals surface area contributed by atoms with Crippen LogP contribution in [0.25, 0.3) is 10.9 Å². The zero-order chi connectivity index (χ0) is 25.1. The number of ether oxygens (including phenoxy) is 1. The number of carbonyl (C=O) groups is 1. The van der Waals surface area contributed by atoms with Crippen LogP contribution < -0.4 is 10.3 Å². The molecule has 5 rings (SSSR count). The number of para-hydroxylation sites is 1. The van der Waals surface area contributed by atoms with Gasteiger partial charge in [0.1, 0.15) is 5.75 Å². The third-order valence-electron chi connectivity index (χ3n) is 6.24. The predicted octanol–water partition coefficient (Wildman–Crippen LogP) is 4.90. The highest BCUT2D eigenvalue weighted by Gasteiger charge is 2.33.